The molecule has 0 radical (unpaired) electrons. The highest BCUT2D eigenvalue weighted by Gasteiger charge is 2.13. The van der Waals surface area contributed by atoms with E-state index in [0.29, 0.717) is 0 Å². The van der Waals surface area contributed by atoms with Crippen LogP contribution in [0.2, 0.25) is 19.6 Å². The van der Waals surface area contributed by atoms with Crippen LogP contribution in [0.1, 0.15) is 16.7 Å². The molecular formula is C25H27NO2Si. The first-order valence-corrected chi connectivity index (χ1v) is 13.2. The minimum Gasteiger partial charge on any atom is -0.392 e. The number of aliphatic hydroxyl groups excluding tert-OH is 2. The fourth-order valence-electron chi connectivity index (χ4n) is 2.90. The highest BCUT2D eigenvalue weighted by Crippen LogP contribution is 2.34. The maximum atomic E-state index is 9.35. The second-order valence-corrected chi connectivity index (χ2v) is 12.8. The fraction of sp³-hybridized carbons (Fsp3) is 0.200. The molecule has 0 amide bonds. The smallest absolute Gasteiger partial charge is 0.129 e. The van der Waals surface area contributed by atoms with Crippen molar-refractivity contribution in [2.45, 2.75) is 32.9 Å². The SMILES string of the molecule is C[Si](C)(C)C#Cc1ccc(N(c2ccc(CO)cc2)c2ccc(CO)cc2)cc1. The van der Waals surface area contributed by atoms with E-state index in [1.165, 1.54) is 0 Å². The van der Waals surface area contributed by atoms with Gasteiger partial charge in [-0.15, -0.1) is 5.54 Å². The molecule has 3 nitrogen and oxygen atoms in total. The van der Waals surface area contributed by atoms with Crippen molar-refractivity contribution in [2.24, 2.45) is 0 Å². The van der Waals surface area contributed by atoms with Crippen molar-refractivity contribution in [3.63, 3.8) is 0 Å². The molecule has 3 aromatic rings. The second-order valence-electron chi connectivity index (χ2n) is 8.03. The Bertz CT molecular complexity index is 945. The molecule has 3 rings (SSSR count). The predicted octanol–water partition coefficient (Wildman–Crippen LogP) is 5.37. The first-order valence-electron chi connectivity index (χ1n) is 9.72. The van der Waals surface area contributed by atoms with Gasteiger partial charge in [0.05, 0.1) is 13.2 Å². The van der Waals surface area contributed by atoms with Crippen molar-refractivity contribution in [1.29, 1.82) is 0 Å². The quantitative estimate of drug-likeness (QED) is 0.446. The molecule has 3 aromatic carbocycles. The maximum absolute atomic E-state index is 9.35. The molecule has 0 aliphatic carbocycles. The zero-order valence-electron chi connectivity index (χ0n) is 17.2. The van der Waals surface area contributed by atoms with Crippen molar-refractivity contribution >= 4 is 25.1 Å². The summed E-state index contributed by atoms with van der Waals surface area (Å²) in [6.45, 7) is 6.76. The van der Waals surface area contributed by atoms with Gasteiger partial charge in [-0.25, -0.2) is 0 Å². The van der Waals surface area contributed by atoms with Crippen molar-refractivity contribution in [2.75, 3.05) is 4.90 Å². The first-order chi connectivity index (χ1) is 13.9. The minimum atomic E-state index is -1.41. The minimum absolute atomic E-state index is 0.0237. The number of hydrogen-bond acceptors (Lipinski definition) is 3. The monoisotopic (exact) mass is 401 g/mol. The van der Waals surface area contributed by atoms with Crippen LogP contribution in [0.5, 0.6) is 0 Å². The van der Waals surface area contributed by atoms with Crippen LogP contribution in [0.25, 0.3) is 0 Å². The van der Waals surface area contributed by atoms with E-state index in [2.05, 4.69) is 60.3 Å². The average Bonchev–Trinajstić information content (AvgIpc) is 2.74. The topological polar surface area (TPSA) is 43.7 Å². The Morgan fingerprint density at radius 1 is 0.655 bits per heavy atom. The van der Waals surface area contributed by atoms with Crippen LogP contribution in [0.4, 0.5) is 17.1 Å². The summed E-state index contributed by atoms with van der Waals surface area (Å²) in [5.74, 6) is 3.30. The van der Waals surface area contributed by atoms with E-state index in [-0.39, 0.29) is 13.2 Å². The van der Waals surface area contributed by atoms with Gasteiger partial charge < -0.3 is 15.1 Å². The lowest BCUT2D eigenvalue weighted by molar-refractivity contribution is 0.281. The molecule has 0 saturated carbocycles. The third-order valence-corrected chi connectivity index (χ3v) is 5.34. The van der Waals surface area contributed by atoms with Gasteiger partial charge in [0.25, 0.3) is 0 Å². The lowest BCUT2D eigenvalue weighted by atomic mass is 10.1. The summed E-state index contributed by atoms with van der Waals surface area (Å²) in [7, 11) is -1.41. The predicted molar refractivity (Wildman–Crippen MR) is 123 cm³/mol. The van der Waals surface area contributed by atoms with E-state index in [9.17, 15) is 10.2 Å². The van der Waals surface area contributed by atoms with Crippen LogP contribution < -0.4 is 4.90 Å². The summed E-state index contributed by atoms with van der Waals surface area (Å²) in [4.78, 5) is 2.15. The van der Waals surface area contributed by atoms with E-state index in [4.69, 9.17) is 0 Å². The molecule has 0 aliphatic heterocycles. The van der Waals surface area contributed by atoms with Gasteiger partial charge in [0, 0.05) is 22.6 Å². The highest BCUT2D eigenvalue weighted by atomic mass is 28.3. The number of anilines is 3. The summed E-state index contributed by atoms with van der Waals surface area (Å²) >= 11 is 0. The largest absolute Gasteiger partial charge is 0.392 e. The summed E-state index contributed by atoms with van der Waals surface area (Å²) in [6.07, 6.45) is 0. The zero-order chi connectivity index (χ0) is 20.9. The van der Waals surface area contributed by atoms with Crippen LogP contribution in [0.15, 0.2) is 72.8 Å². The number of benzene rings is 3. The molecule has 0 heterocycles. The van der Waals surface area contributed by atoms with E-state index >= 15 is 0 Å². The van der Waals surface area contributed by atoms with E-state index in [0.717, 1.165) is 33.8 Å². The number of rotatable bonds is 5. The average molecular weight is 402 g/mol. The molecular weight excluding hydrogens is 374 g/mol. The van der Waals surface area contributed by atoms with Gasteiger partial charge in [-0.2, -0.15) is 0 Å². The van der Waals surface area contributed by atoms with Gasteiger partial charge in [0.15, 0.2) is 0 Å². The summed E-state index contributed by atoms with van der Waals surface area (Å²) in [5, 5.41) is 18.7. The number of nitrogens with zero attached hydrogens (tertiary/aromatic N) is 1. The third kappa shape index (κ3) is 5.58. The van der Waals surface area contributed by atoms with Gasteiger partial charge in [0.2, 0.25) is 0 Å². The van der Waals surface area contributed by atoms with Gasteiger partial charge in [0.1, 0.15) is 8.07 Å². The Labute approximate surface area is 174 Å². The molecule has 0 aromatic heterocycles. The van der Waals surface area contributed by atoms with Gasteiger partial charge in [-0.05, 0) is 59.7 Å². The van der Waals surface area contributed by atoms with Gasteiger partial charge >= 0.3 is 0 Å². The Hall–Kier alpha value is -2.84. The van der Waals surface area contributed by atoms with Crippen molar-refractivity contribution in [3.8, 4) is 11.5 Å². The molecule has 29 heavy (non-hydrogen) atoms. The van der Waals surface area contributed by atoms with Gasteiger partial charge in [-0.1, -0.05) is 49.8 Å². The van der Waals surface area contributed by atoms with Crippen LogP contribution in [0, 0.1) is 11.5 Å². The zero-order valence-corrected chi connectivity index (χ0v) is 18.2. The molecule has 0 saturated heterocycles. The first kappa shape index (κ1) is 20.9. The number of hydrogen-bond donors (Lipinski definition) is 2. The number of aliphatic hydroxyl groups is 2. The summed E-state index contributed by atoms with van der Waals surface area (Å²) < 4.78 is 0. The third-order valence-electron chi connectivity index (χ3n) is 4.46. The summed E-state index contributed by atoms with van der Waals surface area (Å²) in [6, 6.07) is 24.0. The van der Waals surface area contributed by atoms with E-state index < -0.39 is 8.07 Å². The Kier molecular flexibility index (Phi) is 6.55. The molecule has 0 atom stereocenters. The van der Waals surface area contributed by atoms with Gasteiger partial charge in [-0.3, -0.25) is 0 Å². The van der Waals surface area contributed by atoms with Crippen molar-refractivity contribution in [3.05, 3.63) is 89.5 Å². The maximum Gasteiger partial charge on any atom is 0.129 e. The second kappa shape index (κ2) is 9.10. The molecule has 148 valence electrons. The van der Waals surface area contributed by atoms with Crippen LogP contribution in [-0.2, 0) is 13.2 Å². The summed E-state index contributed by atoms with van der Waals surface area (Å²) in [5.41, 5.74) is 9.20. The molecule has 0 aliphatic rings. The molecule has 0 bridgehead atoms. The molecule has 4 heteroatoms. The lowest BCUT2D eigenvalue weighted by Crippen LogP contribution is -2.16. The van der Waals surface area contributed by atoms with E-state index in [1.807, 2.05) is 48.5 Å². The Morgan fingerprint density at radius 2 is 1.03 bits per heavy atom. The highest BCUT2D eigenvalue weighted by molar-refractivity contribution is 6.83. The lowest BCUT2D eigenvalue weighted by Gasteiger charge is -2.26. The van der Waals surface area contributed by atoms with Crippen LogP contribution in [-0.4, -0.2) is 18.3 Å². The van der Waals surface area contributed by atoms with Crippen molar-refractivity contribution in [1.82, 2.24) is 0 Å². The fourth-order valence-corrected chi connectivity index (χ4v) is 3.42. The van der Waals surface area contributed by atoms with Crippen molar-refractivity contribution < 1.29 is 10.2 Å². The Morgan fingerprint density at radius 3 is 1.38 bits per heavy atom. The van der Waals surface area contributed by atoms with Crippen LogP contribution >= 0.6 is 0 Å². The normalized spacial score (nSPS) is 10.9. The molecule has 0 fully saturated rings. The van der Waals surface area contributed by atoms with E-state index in [1.54, 1.807) is 0 Å². The standard InChI is InChI=1S/C25H27NO2Si/c1-29(2,3)17-16-20-4-10-23(11-5-20)26(24-12-6-21(18-27)7-13-24)25-14-8-22(19-28)9-15-25/h4-15,27-28H,18-19H2,1-3H3. The molecule has 0 unspecified atom stereocenters. The Balaban J connectivity index is 2.00. The molecule has 0 spiro atoms. The van der Waals surface area contributed by atoms with Crippen LogP contribution in [0.3, 0.4) is 0 Å². The molecule has 2 N–H and O–H groups in total.